The van der Waals surface area contributed by atoms with E-state index in [-0.39, 0.29) is 42.8 Å². The Morgan fingerprint density at radius 1 is 1.12 bits per heavy atom. The molecule has 0 aliphatic carbocycles. The maximum atomic E-state index is 13.2. The number of fused-ring (bicyclic) bond motifs is 1. The van der Waals surface area contributed by atoms with Gasteiger partial charge in [0.15, 0.2) is 0 Å². The molecule has 1 saturated heterocycles. The van der Waals surface area contributed by atoms with Crippen molar-refractivity contribution in [2.75, 3.05) is 18.0 Å². The van der Waals surface area contributed by atoms with Crippen molar-refractivity contribution in [2.24, 2.45) is 5.73 Å². The summed E-state index contributed by atoms with van der Waals surface area (Å²) in [6.45, 7) is 1.41. The van der Waals surface area contributed by atoms with Crippen LogP contribution in [0.3, 0.4) is 0 Å². The molecule has 1 unspecified atom stereocenters. The fourth-order valence-corrected chi connectivity index (χ4v) is 3.67. The molecule has 2 N–H and O–H groups in total. The van der Waals surface area contributed by atoms with Gasteiger partial charge in [0.1, 0.15) is 6.04 Å². The number of amides is 1. The lowest BCUT2D eigenvalue weighted by Crippen LogP contribution is -2.52. The number of benzene rings is 1. The third kappa shape index (κ3) is 3.77. The molecule has 4 rings (SSSR count). The first-order valence-electron chi connectivity index (χ1n) is 8.42. The summed E-state index contributed by atoms with van der Waals surface area (Å²) in [6.07, 6.45) is 6.05. The molecule has 140 valence electrons. The Bertz CT molecular complexity index is 745. The van der Waals surface area contributed by atoms with Crippen LogP contribution in [0.25, 0.3) is 0 Å². The van der Waals surface area contributed by atoms with Gasteiger partial charge in [-0.3, -0.25) is 9.69 Å². The number of para-hydroxylation sites is 1. The third-order valence-electron chi connectivity index (χ3n) is 4.80. The molecule has 8 heteroatoms. The first-order valence-corrected chi connectivity index (χ1v) is 8.42. The maximum Gasteiger partial charge on any atom is 0.246 e. The number of anilines is 2. The number of carbonyl (C=O) groups excluding carboxylic acids is 1. The van der Waals surface area contributed by atoms with Gasteiger partial charge in [-0.15, -0.1) is 24.8 Å². The van der Waals surface area contributed by atoms with E-state index < -0.39 is 0 Å². The van der Waals surface area contributed by atoms with Gasteiger partial charge in [-0.05, 0) is 30.5 Å². The number of halogens is 2. The quantitative estimate of drug-likeness (QED) is 0.844. The highest BCUT2D eigenvalue weighted by molar-refractivity contribution is 5.90. The average molecular weight is 396 g/mol. The Morgan fingerprint density at radius 2 is 1.85 bits per heavy atom. The fourth-order valence-electron chi connectivity index (χ4n) is 3.67. The van der Waals surface area contributed by atoms with Gasteiger partial charge in [-0.25, -0.2) is 9.97 Å². The lowest BCUT2D eigenvalue weighted by atomic mass is 10.0. The first-order chi connectivity index (χ1) is 11.7. The molecule has 6 nitrogen and oxygen atoms in total. The van der Waals surface area contributed by atoms with Crippen molar-refractivity contribution >= 4 is 42.4 Å². The highest BCUT2D eigenvalue weighted by atomic mass is 35.5. The molecule has 1 amide bonds. The van der Waals surface area contributed by atoms with Crippen molar-refractivity contribution in [3.8, 4) is 0 Å². The van der Waals surface area contributed by atoms with Crippen LogP contribution in [0.5, 0.6) is 0 Å². The Hall–Kier alpha value is -1.89. The number of nitrogens with two attached hydrogens (primary N) is 1. The lowest BCUT2D eigenvalue weighted by Gasteiger charge is -2.35. The van der Waals surface area contributed by atoms with E-state index in [1.807, 2.05) is 28.0 Å². The molecule has 2 aliphatic rings. The van der Waals surface area contributed by atoms with Crippen LogP contribution in [0.4, 0.5) is 11.6 Å². The first kappa shape index (κ1) is 20.4. The lowest BCUT2D eigenvalue weighted by molar-refractivity contribution is -0.133. The fraction of sp³-hybridized carbons (Fsp3) is 0.389. The van der Waals surface area contributed by atoms with Crippen LogP contribution in [-0.2, 0) is 11.2 Å². The van der Waals surface area contributed by atoms with Gasteiger partial charge in [0.05, 0.1) is 0 Å². The SMILES string of the molecule is Cl.Cl.N[C@@H]1CCCN(C(=O)C2Cc3ccccc3N2c2ncccn2)C1. The molecule has 2 aromatic rings. The van der Waals surface area contributed by atoms with Gasteiger partial charge >= 0.3 is 0 Å². The van der Waals surface area contributed by atoms with Crippen LogP contribution in [0, 0.1) is 0 Å². The van der Waals surface area contributed by atoms with Crippen LogP contribution in [-0.4, -0.2) is 45.9 Å². The van der Waals surface area contributed by atoms with Gasteiger partial charge in [0.2, 0.25) is 11.9 Å². The van der Waals surface area contributed by atoms with E-state index in [4.69, 9.17) is 5.73 Å². The topological polar surface area (TPSA) is 75.3 Å². The molecular weight excluding hydrogens is 373 g/mol. The average Bonchev–Trinajstić information content (AvgIpc) is 3.01. The van der Waals surface area contributed by atoms with Crippen molar-refractivity contribution in [1.29, 1.82) is 0 Å². The van der Waals surface area contributed by atoms with Gasteiger partial charge in [-0.1, -0.05) is 18.2 Å². The smallest absolute Gasteiger partial charge is 0.246 e. The minimum atomic E-state index is -0.296. The Labute approximate surface area is 165 Å². The molecule has 0 saturated carbocycles. The second-order valence-corrected chi connectivity index (χ2v) is 6.45. The van der Waals surface area contributed by atoms with Gasteiger partial charge in [-0.2, -0.15) is 0 Å². The van der Waals surface area contributed by atoms with E-state index in [1.54, 1.807) is 18.5 Å². The summed E-state index contributed by atoms with van der Waals surface area (Å²) in [5, 5.41) is 0. The normalized spacial score (nSPS) is 21.4. The predicted molar refractivity (Wildman–Crippen MR) is 106 cm³/mol. The molecular formula is C18H23Cl2N5O. The molecule has 0 bridgehead atoms. The number of hydrogen-bond donors (Lipinski definition) is 1. The number of rotatable bonds is 2. The van der Waals surface area contributed by atoms with E-state index in [0.29, 0.717) is 18.9 Å². The molecule has 0 spiro atoms. The number of hydrogen-bond acceptors (Lipinski definition) is 5. The van der Waals surface area contributed by atoms with Crippen LogP contribution in [0.1, 0.15) is 18.4 Å². The van der Waals surface area contributed by atoms with Crippen molar-refractivity contribution in [2.45, 2.75) is 31.3 Å². The summed E-state index contributed by atoms with van der Waals surface area (Å²) >= 11 is 0. The standard InChI is InChI=1S/C18H21N5O.2ClH/c19-14-6-3-10-22(12-14)17(24)16-11-13-5-1-2-7-15(13)23(16)18-20-8-4-9-21-18;;/h1-2,4-5,7-9,14,16H,3,6,10-12,19H2;2*1H/t14-,16?;;/m1../s1. The van der Waals surface area contributed by atoms with E-state index in [9.17, 15) is 4.79 Å². The molecule has 2 aliphatic heterocycles. The summed E-state index contributed by atoms with van der Waals surface area (Å²) < 4.78 is 0. The Balaban J connectivity index is 0.00000121. The zero-order valence-electron chi connectivity index (χ0n) is 14.3. The molecule has 3 heterocycles. The highest BCUT2D eigenvalue weighted by Crippen LogP contribution is 2.37. The van der Waals surface area contributed by atoms with Gasteiger partial charge < -0.3 is 10.6 Å². The monoisotopic (exact) mass is 395 g/mol. The largest absolute Gasteiger partial charge is 0.339 e. The molecule has 0 radical (unpaired) electrons. The van der Waals surface area contributed by atoms with Crippen molar-refractivity contribution in [3.05, 3.63) is 48.3 Å². The molecule has 2 atom stereocenters. The van der Waals surface area contributed by atoms with Crippen LogP contribution in [0.2, 0.25) is 0 Å². The summed E-state index contributed by atoms with van der Waals surface area (Å²) in [4.78, 5) is 25.8. The maximum absolute atomic E-state index is 13.2. The molecule has 1 aromatic heterocycles. The summed E-state index contributed by atoms with van der Waals surface area (Å²) in [5.74, 6) is 0.691. The molecule has 1 aromatic carbocycles. The van der Waals surface area contributed by atoms with Crippen molar-refractivity contribution in [3.63, 3.8) is 0 Å². The van der Waals surface area contributed by atoms with E-state index in [1.165, 1.54) is 0 Å². The number of likely N-dealkylation sites (tertiary alicyclic amines) is 1. The van der Waals surface area contributed by atoms with Crippen LogP contribution >= 0.6 is 24.8 Å². The van der Waals surface area contributed by atoms with Crippen LogP contribution < -0.4 is 10.6 Å². The minimum absolute atomic E-state index is 0. The van der Waals surface area contributed by atoms with Crippen molar-refractivity contribution in [1.82, 2.24) is 14.9 Å². The summed E-state index contributed by atoms with van der Waals surface area (Å²) in [5.41, 5.74) is 8.23. The minimum Gasteiger partial charge on any atom is -0.339 e. The second kappa shape index (κ2) is 8.66. The number of carbonyl (C=O) groups is 1. The number of piperidine rings is 1. The van der Waals surface area contributed by atoms with E-state index in [2.05, 4.69) is 16.0 Å². The van der Waals surface area contributed by atoms with Crippen molar-refractivity contribution < 1.29 is 4.79 Å². The van der Waals surface area contributed by atoms with Crippen LogP contribution in [0.15, 0.2) is 42.7 Å². The number of nitrogens with zero attached hydrogens (tertiary/aromatic N) is 4. The Morgan fingerprint density at radius 3 is 2.58 bits per heavy atom. The van der Waals surface area contributed by atoms with E-state index in [0.717, 1.165) is 30.6 Å². The zero-order valence-corrected chi connectivity index (χ0v) is 16.0. The zero-order chi connectivity index (χ0) is 16.5. The van der Waals surface area contributed by atoms with E-state index >= 15 is 0 Å². The number of aromatic nitrogens is 2. The van der Waals surface area contributed by atoms with Gasteiger partial charge in [0.25, 0.3) is 0 Å². The Kier molecular flexibility index (Phi) is 6.81. The highest BCUT2D eigenvalue weighted by Gasteiger charge is 2.39. The van der Waals surface area contributed by atoms with Gasteiger partial charge in [0, 0.05) is 43.6 Å². The third-order valence-corrected chi connectivity index (χ3v) is 4.80. The predicted octanol–water partition coefficient (Wildman–Crippen LogP) is 2.33. The summed E-state index contributed by atoms with van der Waals surface area (Å²) in [6, 6.07) is 9.65. The molecule has 26 heavy (non-hydrogen) atoms. The second-order valence-electron chi connectivity index (χ2n) is 6.45. The molecule has 1 fully saturated rings. The summed E-state index contributed by atoms with van der Waals surface area (Å²) in [7, 11) is 0.